The number of aliphatic hydroxyl groups is 1. The fourth-order valence-electron chi connectivity index (χ4n) is 2.88. The van der Waals surface area contributed by atoms with Crippen LogP contribution in [0.25, 0.3) is 0 Å². The monoisotopic (exact) mass is 301 g/mol. The predicted molar refractivity (Wildman–Crippen MR) is 84.3 cm³/mol. The number of carbonyl (C=O) groups excluding carboxylic acids is 1. The minimum Gasteiger partial charge on any atom is -0.387 e. The molecule has 1 amide bonds. The second-order valence-corrected chi connectivity index (χ2v) is 6.36. The minimum atomic E-state index is -0.631. The van der Waals surface area contributed by atoms with E-state index >= 15 is 0 Å². The standard InChI is InChI=1S/C17H19NO2S/c19-15(13-7-10-21-12-13)11-18-16(20)17(8-4-9-17)14-5-2-1-3-6-14/h1-3,5-7,10,12,15,19H,4,8-9,11H2,(H,18,20)/t15-/m1/s1. The molecule has 4 heteroatoms. The molecular weight excluding hydrogens is 282 g/mol. The lowest BCUT2D eigenvalue weighted by Crippen LogP contribution is -2.50. The maximum Gasteiger partial charge on any atom is 0.230 e. The van der Waals surface area contributed by atoms with Crippen LogP contribution in [0.5, 0.6) is 0 Å². The summed E-state index contributed by atoms with van der Waals surface area (Å²) in [6.07, 6.45) is 2.22. The highest BCUT2D eigenvalue weighted by Gasteiger charge is 2.45. The summed E-state index contributed by atoms with van der Waals surface area (Å²) in [5.41, 5.74) is 1.55. The molecule has 3 nitrogen and oxygen atoms in total. The van der Waals surface area contributed by atoms with E-state index in [1.807, 2.05) is 47.2 Å². The molecule has 1 aliphatic carbocycles. The van der Waals surface area contributed by atoms with Crippen molar-refractivity contribution in [2.75, 3.05) is 6.54 Å². The zero-order valence-corrected chi connectivity index (χ0v) is 12.6. The van der Waals surface area contributed by atoms with Crippen molar-refractivity contribution >= 4 is 17.2 Å². The van der Waals surface area contributed by atoms with Crippen LogP contribution in [0.2, 0.25) is 0 Å². The van der Waals surface area contributed by atoms with E-state index in [-0.39, 0.29) is 12.5 Å². The third-order valence-corrected chi connectivity index (χ3v) is 5.05. The van der Waals surface area contributed by atoms with Crippen LogP contribution in [0, 0.1) is 0 Å². The fraction of sp³-hybridized carbons (Fsp3) is 0.353. The Morgan fingerprint density at radius 2 is 2.05 bits per heavy atom. The Hall–Kier alpha value is -1.65. The quantitative estimate of drug-likeness (QED) is 0.892. The predicted octanol–water partition coefficient (Wildman–Crippen LogP) is 3.02. The second-order valence-electron chi connectivity index (χ2n) is 5.58. The first-order valence-electron chi connectivity index (χ1n) is 7.26. The van der Waals surface area contributed by atoms with Gasteiger partial charge in [0.25, 0.3) is 0 Å². The van der Waals surface area contributed by atoms with Gasteiger partial charge in [0.15, 0.2) is 0 Å². The Kier molecular flexibility index (Phi) is 4.08. The van der Waals surface area contributed by atoms with E-state index in [2.05, 4.69) is 5.32 Å². The first-order valence-corrected chi connectivity index (χ1v) is 8.21. The van der Waals surface area contributed by atoms with E-state index in [0.29, 0.717) is 0 Å². The highest BCUT2D eigenvalue weighted by atomic mass is 32.1. The SMILES string of the molecule is O=C(NC[C@@H](O)c1ccsc1)C1(c2ccccc2)CCC1. The van der Waals surface area contributed by atoms with Gasteiger partial charge in [-0.3, -0.25) is 4.79 Å². The first-order chi connectivity index (χ1) is 10.2. The molecule has 0 unspecified atom stereocenters. The van der Waals surface area contributed by atoms with Crippen LogP contribution in [-0.2, 0) is 10.2 Å². The van der Waals surface area contributed by atoms with Gasteiger partial charge in [-0.25, -0.2) is 0 Å². The van der Waals surface area contributed by atoms with Crippen LogP contribution in [0.4, 0.5) is 0 Å². The van der Waals surface area contributed by atoms with E-state index in [9.17, 15) is 9.90 Å². The van der Waals surface area contributed by atoms with Gasteiger partial charge in [0.2, 0.25) is 5.91 Å². The van der Waals surface area contributed by atoms with Crippen LogP contribution < -0.4 is 5.32 Å². The van der Waals surface area contributed by atoms with E-state index in [1.165, 1.54) is 0 Å². The van der Waals surface area contributed by atoms with Crippen LogP contribution in [0.1, 0.15) is 36.5 Å². The van der Waals surface area contributed by atoms with Gasteiger partial charge < -0.3 is 10.4 Å². The van der Waals surface area contributed by atoms with Crippen molar-refractivity contribution in [2.45, 2.75) is 30.8 Å². The van der Waals surface area contributed by atoms with Gasteiger partial charge in [-0.15, -0.1) is 0 Å². The zero-order chi connectivity index (χ0) is 14.7. The lowest BCUT2D eigenvalue weighted by molar-refractivity contribution is -0.130. The van der Waals surface area contributed by atoms with E-state index in [0.717, 1.165) is 30.4 Å². The number of aliphatic hydroxyl groups excluding tert-OH is 1. The van der Waals surface area contributed by atoms with Crippen molar-refractivity contribution < 1.29 is 9.90 Å². The molecule has 21 heavy (non-hydrogen) atoms. The van der Waals surface area contributed by atoms with Gasteiger partial charge in [0.1, 0.15) is 0 Å². The minimum absolute atomic E-state index is 0.0363. The lowest BCUT2D eigenvalue weighted by Gasteiger charge is -2.40. The third kappa shape index (κ3) is 2.74. The molecule has 1 heterocycles. The van der Waals surface area contributed by atoms with Crippen molar-refractivity contribution in [1.29, 1.82) is 0 Å². The second kappa shape index (κ2) is 6.00. The summed E-state index contributed by atoms with van der Waals surface area (Å²) < 4.78 is 0. The van der Waals surface area contributed by atoms with Crippen molar-refractivity contribution in [3.05, 3.63) is 58.3 Å². The Balaban J connectivity index is 1.67. The van der Waals surface area contributed by atoms with Gasteiger partial charge in [0, 0.05) is 6.54 Å². The average molecular weight is 301 g/mol. The van der Waals surface area contributed by atoms with Gasteiger partial charge >= 0.3 is 0 Å². The topological polar surface area (TPSA) is 49.3 Å². The van der Waals surface area contributed by atoms with E-state index < -0.39 is 11.5 Å². The Labute approximate surface area is 128 Å². The molecule has 1 aromatic heterocycles. The number of hydrogen-bond acceptors (Lipinski definition) is 3. The maximum absolute atomic E-state index is 12.6. The summed E-state index contributed by atoms with van der Waals surface area (Å²) in [7, 11) is 0. The summed E-state index contributed by atoms with van der Waals surface area (Å²) in [4.78, 5) is 12.6. The number of carbonyl (C=O) groups is 1. The molecule has 0 bridgehead atoms. The molecule has 0 spiro atoms. The molecule has 0 saturated heterocycles. The van der Waals surface area contributed by atoms with Crippen molar-refractivity contribution in [1.82, 2.24) is 5.32 Å². The molecule has 2 aromatic rings. The van der Waals surface area contributed by atoms with Crippen LogP contribution in [0.3, 0.4) is 0 Å². The van der Waals surface area contributed by atoms with Crippen molar-refractivity contribution in [3.63, 3.8) is 0 Å². The number of benzene rings is 1. The number of rotatable bonds is 5. The van der Waals surface area contributed by atoms with Crippen LogP contribution in [0.15, 0.2) is 47.2 Å². The van der Waals surface area contributed by atoms with Gasteiger partial charge in [-0.05, 0) is 40.8 Å². The molecule has 2 N–H and O–H groups in total. The molecule has 3 rings (SSSR count). The van der Waals surface area contributed by atoms with Crippen LogP contribution >= 0.6 is 11.3 Å². The highest BCUT2D eigenvalue weighted by molar-refractivity contribution is 7.07. The normalized spacial score (nSPS) is 17.8. The number of nitrogens with one attached hydrogen (secondary N) is 1. The summed E-state index contributed by atoms with van der Waals surface area (Å²) in [6.45, 7) is 0.268. The summed E-state index contributed by atoms with van der Waals surface area (Å²) >= 11 is 1.55. The van der Waals surface area contributed by atoms with Crippen molar-refractivity contribution in [2.24, 2.45) is 0 Å². The Morgan fingerprint density at radius 1 is 1.29 bits per heavy atom. The Bertz CT molecular complexity index is 591. The first kappa shape index (κ1) is 14.3. The zero-order valence-electron chi connectivity index (χ0n) is 11.8. The molecule has 1 aliphatic rings. The van der Waals surface area contributed by atoms with E-state index in [4.69, 9.17) is 0 Å². The molecule has 110 valence electrons. The third-order valence-electron chi connectivity index (χ3n) is 4.35. The van der Waals surface area contributed by atoms with Gasteiger partial charge in [0.05, 0.1) is 11.5 Å². The Morgan fingerprint density at radius 3 is 2.62 bits per heavy atom. The number of thiophene rings is 1. The largest absolute Gasteiger partial charge is 0.387 e. The van der Waals surface area contributed by atoms with Gasteiger partial charge in [-0.1, -0.05) is 36.8 Å². The summed E-state index contributed by atoms with van der Waals surface area (Å²) in [5, 5.41) is 16.8. The molecule has 1 saturated carbocycles. The molecule has 0 radical (unpaired) electrons. The lowest BCUT2D eigenvalue weighted by atomic mass is 9.64. The molecule has 1 aromatic carbocycles. The maximum atomic E-state index is 12.6. The molecule has 1 fully saturated rings. The average Bonchev–Trinajstić information content (AvgIpc) is 2.99. The fourth-order valence-corrected chi connectivity index (χ4v) is 3.58. The highest BCUT2D eigenvalue weighted by Crippen LogP contribution is 2.43. The molecule has 0 aliphatic heterocycles. The number of hydrogen-bond donors (Lipinski definition) is 2. The van der Waals surface area contributed by atoms with Crippen LogP contribution in [-0.4, -0.2) is 17.6 Å². The summed E-state index contributed by atoms with van der Waals surface area (Å²) in [5.74, 6) is 0.0363. The number of amides is 1. The van der Waals surface area contributed by atoms with Crippen molar-refractivity contribution in [3.8, 4) is 0 Å². The molecular formula is C17H19NO2S. The smallest absolute Gasteiger partial charge is 0.230 e. The van der Waals surface area contributed by atoms with E-state index in [1.54, 1.807) is 11.3 Å². The van der Waals surface area contributed by atoms with Gasteiger partial charge in [-0.2, -0.15) is 11.3 Å². The summed E-state index contributed by atoms with van der Waals surface area (Å²) in [6, 6.07) is 11.8. The molecule has 1 atom stereocenters.